The van der Waals surface area contributed by atoms with Gasteiger partial charge in [0.25, 0.3) is 0 Å². The van der Waals surface area contributed by atoms with Crippen molar-refractivity contribution in [1.82, 2.24) is 5.32 Å². The van der Waals surface area contributed by atoms with E-state index in [0.717, 1.165) is 70.6 Å². The number of carbonyl (C=O) groups excluding carboxylic acids is 2. The van der Waals surface area contributed by atoms with Crippen molar-refractivity contribution in [2.75, 3.05) is 6.61 Å². The first-order valence-electron chi connectivity index (χ1n) is 29.2. The Hall–Kier alpha value is -1.92. The summed E-state index contributed by atoms with van der Waals surface area (Å²) in [5, 5.41) is 23.9. The second-order valence-corrected chi connectivity index (χ2v) is 20.0. The Labute approximate surface area is 411 Å². The molecule has 0 radical (unpaired) electrons. The number of nitrogens with one attached hydrogen (secondary N) is 1. The highest BCUT2D eigenvalue weighted by Gasteiger charge is 2.24. The normalized spacial score (nSPS) is 13.3. The molecule has 0 aliphatic carbocycles. The Bertz CT molecular complexity index is 1090. The lowest BCUT2D eigenvalue weighted by molar-refractivity contribution is -0.151. The average molecular weight is 929 g/mol. The minimum atomic E-state index is -0.792. The molecule has 0 aliphatic heterocycles. The molecular formula is C60H113NO5. The maximum Gasteiger partial charge on any atom is 0.306 e. The van der Waals surface area contributed by atoms with Gasteiger partial charge < -0.3 is 20.3 Å². The zero-order chi connectivity index (χ0) is 48.1. The van der Waals surface area contributed by atoms with Gasteiger partial charge in [-0.05, 0) is 83.5 Å². The maximum absolute atomic E-state index is 13.3. The monoisotopic (exact) mass is 928 g/mol. The summed E-state index contributed by atoms with van der Waals surface area (Å²) in [5.41, 5.74) is 0. The van der Waals surface area contributed by atoms with E-state index in [1.54, 1.807) is 0 Å². The standard InChI is InChI=1S/C60H113NO5/c1-4-7-10-13-16-19-22-25-28-30-31-33-36-39-42-45-48-51-56(66-60(65)53-50-47-44-41-38-35-27-24-21-18-15-12-9-6-3)54-59(64)61-57(55-62)58(63)52-49-46-43-40-37-34-32-29-26-23-20-17-14-11-8-5-2/h16,19,25,28,35,38,56-58,62-63H,4-15,17-18,20-24,26-27,29-34,36-37,39-55H2,1-3H3,(H,61,64)/b19-16-,28-25-,38-35-. The zero-order valence-corrected chi connectivity index (χ0v) is 44.3. The molecule has 0 aromatic heterocycles. The molecule has 3 N–H and O–H groups in total. The Morgan fingerprint density at radius 1 is 0.439 bits per heavy atom. The summed E-state index contributed by atoms with van der Waals surface area (Å²) in [6.45, 7) is 6.48. The second-order valence-electron chi connectivity index (χ2n) is 20.0. The van der Waals surface area contributed by atoms with E-state index < -0.39 is 18.2 Å². The third-order valence-electron chi connectivity index (χ3n) is 13.4. The summed E-state index contributed by atoms with van der Waals surface area (Å²) >= 11 is 0. The van der Waals surface area contributed by atoms with Gasteiger partial charge in [0.05, 0.1) is 25.2 Å². The lowest BCUT2D eigenvalue weighted by Gasteiger charge is -2.24. The summed E-state index contributed by atoms with van der Waals surface area (Å²) in [5.74, 6) is -0.486. The Morgan fingerprint density at radius 3 is 1.20 bits per heavy atom. The van der Waals surface area contributed by atoms with E-state index in [2.05, 4.69) is 62.5 Å². The number of ether oxygens (including phenoxy) is 1. The van der Waals surface area contributed by atoms with E-state index in [9.17, 15) is 19.8 Å². The summed E-state index contributed by atoms with van der Waals surface area (Å²) in [6, 6.07) is -0.706. The molecule has 0 fully saturated rings. The van der Waals surface area contributed by atoms with Crippen molar-refractivity contribution in [2.24, 2.45) is 0 Å². The fraction of sp³-hybridized carbons (Fsp3) is 0.867. The van der Waals surface area contributed by atoms with Crippen LogP contribution < -0.4 is 5.32 Å². The van der Waals surface area contributed by atoms with Crippen LogP contribution in [0.25, 0.3) is 0 Å². The molecule has 1 amide bonds. The van der Waals surface area contributed by atoms with Crippen molar-refractivity contribution in [1.29, 1.82) is 0 Å². The first-order chi connectivity index (χ1) is 32.5. The molecule has 0 saturated heterocycles. The van der Waals surface area contributed by atoms with Crippen molar-refractivity contribution in [2.45, 2.75) is 328 Å². The second kappa shape index (κ2) is 54.0. The van der Waals surface area contributed by atoms with Gasteiger partial charge in [-0.1, -0.05) is 250 Å². The molecule has 388 valence electrons. The van der Waals surface area contributed by atoms with Gasteiger partial charge in [0.15, 0.2) is 0 Å². The Morgan fingerprint density at radius 2 is 0.773 bits per heavy atom. The molecule has 0 saturated carbocycles. The van der Waals surface area contributed by atoms with E-state index in [1.807, 2.05) is 0 Å². The van der Waals surface area contributed by atoms with Crippen LogP contribution in [0.5, 0.6) is 0 Å². The van der Waals surface area contributed by atoms with Crippen molar-refractivity contribution in [3.8, 4) is 0 Å². The number of unbranched alkanes of at least 4 members (excludes halogenated alkanes) is 35. The van der Waals surface area contributed by atoms with Gasteiger partial charge in [0, 0.05) is 6.42 Å². The fourth-order valence-corrected chi connectivity index (χ4v) is 8.99. The molecule has 0 bridgehead atoms. The van der Waals surface area contributed by atoms with E-state index in [1.165, 1.54) is 193 Å². The molecule has 0 aromatic carbocycles. The van der Waals surface area contributed by atoms with Crippen molar-refractivity contribution in [3.63, 3.8) is 0 Å². The van der Waals surface area contributed by atoms with Gasteiger partial charge in [0.2, 0.25) is 5.91 Å². The number of esters is 1. The van der Waals surface area contributed by atoms with Crippen LogP contribution in [-0.2, 0) is 14.3 Å². The minimum Gasteiger partial charge on any atom is -0.462 e. The Balaban J connectivity index is 4.56. The van der Waals surface area contributed by atoms with Crippen LogP contribution in [0.4, 0.5) is 0 Å². The lowest BCUT2D eigenvalue weighted by atomic mass is 10.0. The average Bonchev–Trinajstić information content (AvgIpc) is 3.31. The molecule has 3 atom stereocenters. The predicted molar refractivity (Wildman–Crippen MR) is 287 cm³/mol. The van der Waals surface area contributed by atoms with Gasteiger partial charge in [0.1, 0.15) is 6.10 Å². The van der Waals surface area contributed by atoms with Crippen LogP contribution >= 0.6 is 0 Å². The molecule has 0 rings (SSSR count). The predicted octanol–water partition coefficient (Wildman–Crippen LogP) is 18.0. The quantitative estimate of drug-likeness (QED) is 0.0321. The van der Waals surface area contributed by atoms with Crippen LogP contribution in [0.2, 0.25) is 0 Å². The van der Waals surface area contributed by atoms with Crippen LogP contribution in [0.3, 0.4) is 0 Å². The fourth-order valence-electron chi connectivity index (χ4n) is 8.99. The molecule has 0 aromatic rings. The van der Waals surface area contributed by atoms with Crippen molar-refractivity contribution in [3.05, 3.63) is 36.5 Å². The zero-order valence-electron chi connectivity index (χ0n) is 44.3. The minimum absolute atomic E-state index is 0.0692. The Kier molecular flexibility index (Phi) is 52.5. The number of aliphatic hydroxyl groups is 2. The number of rotatable bonds is 53. The number of carbonyl (C=O) groups is 2. The molecule has 0 heterocycles. The highest BCUT2D eigenvalue weighted by molar-refractivity contribution is 5.77. The molecule has 66 heavy (non-hydrogen) atoms. The highest BCUT2D eigenvalue weighted by atomic mass is 16.5. The highest BCUT2D eigenvalue weighted by Crippen LogP contribution is 2.18. The number of aliphatic hydroxyl groups excluding tert-OH is 2. The van der Waals surface area contributed by atoms with Crippen LogP contribution in [0, 0.1) is 0 Å². The summed E-state index contributed by atoms with van der Waals surface area (Å²) in [4.78, 5) is 26.3. The van der Waals surface area contributed by atoms with Gasteiger partial charge in [-0.3, -0.25) is 9.59 Å². The van der Waals surface area contributed by atoms with E-state index in [4.69, 9.17) is 4.74 Å². The number of hydrogen-bond donors (Lipinski definition) is 3. The summed E-state index contributed by atoms with van der Waals surface area (Å²) < 4.78 is 5.95. The van der Waals surface area contributed by atoms with Crippen LogP contribution in [-0.4, -0.2) is 46.9 Å². The third kappa shape index (κ3) is 48.5. The maximum atomic E-state index is 13.3. The lowest BCUT2D eigenvalue weighted by Crippen LogP contribution is -2.46. The number of hydrogen-bond acceptors (Lipinski definition) is 5. The molecule has 3 unspecified atom stereocenters. The van der Waals surface area contributed by atoms with Crippen LogP contribution in [0.15, 0.2) is 36.5 Å². The van der Waals surface area contributed by atoms with Gasteiger partial charge in [-0.25, -0.2) is 0 Å². The van der Waals surface area contributed by atoms with Crippen LogP contribution in [0.1, 0.15) is 310 Å². The number of allylic oxidation sites excluding steroid dienone is 6. The first kappa shape index (κ1) is 64.1. The number of amides is 1. The van der Waals surface area contributed by atoms with Gasteiger partial charge in [-0.2, -0.15) is 0 Å². The SMILES string of the molecule is CCCCC/C=C\C/C=C\CCCCCCCCCC(CC(=O)NC(CO)C(O)CCCCCCCCCCCCCCCCCC)OC(=O)CCCCC/C=C\CCCCCCCCC. The molecule has 0 aliphatic rings. The molecule has 6 nitrogen and oxygen atoms in total. The van der Waals surface area contributed by atoms with E-state index >= 15 is 0 Å². The third-order valence-corrected chi connectivity index (χ3v) is 13.4. The topological polar surface area (TPSA) is 95.9 Å². The molecule has 0 spiro atoms. The molecular weight excluding hydrogens is 815 g/mol. The summed E-state index contributed by atoms with van der Waals surface area (Å²) in [6.07, 6.45) is 64.9. The van der Waals surface area contributed by atoms with Crippen molar-refractivity contribution >= 4 is 11.9 Å². The van der Waals surface area contributed by atoms with Crippen molar-refractivity contribution < 1.29 is 24.5 Å². The smallest absolute Gasteiger partial charge is 0.306 e. The van der Waals surface area contributed by atoms with Gasteiger partial charge in [-0.15, -0.1) is 0 Å². The summed E-state index contributed by atoms with van der Waals surface area (Å²) in [7, 11) is 0. The largest absolute Gasteiger partial charge is 0.462 e. The van der Waals surface area contributed by atoms with E-state index in [0.29, 0.717) is 19.3 Å². The van der Waals surface area contributed by atoms with E-state index in [-0.39, 0.29) is 24.9 Å². The van der Waals surface area contributed by atoms with Gasteiger partial charge >= 0.3 is 5.97 Å². The molecule has 6 heteroatoms. The first-order valence-corrected chi connectivity index (χ1v) is 29.2.